The fourth-order valence-electron chi connectivity index (χ4n) is 12.1. The lowest BCUT2D eigenvalue weighted by Gasteiger charge is -2.15. The first-order valence-electron chi connectivity index (χ1n) is 38.1. The second kappa shape index (κ2) is 52.2. The van der Waals surface area contributed by atoms with Crippen LogP contribution in [-0.4, -0.2) is 95.7 Å². The van der Waals surface area contributed by atoms with Gasteiger partial charge in [-0.15, -0.1) is 0 Å². The predicted molar refractivity (Wildman–Crippen MR) is 455 cm³/mol. The van der Waals surface area contributed by atoms with E-state index >= 15 is 0 Å². The van der Waals surface area contributed by atoms with E-state index in [0.717, 1.165) is 178 Å². The number of hydrogen-bond acceptors (Lipinski definition) is 16. The molecule has 0 spiro atoms. The molecule has 0 aliphatic carbocycles. The summed E-state index contributed by atoms with van der Waals surface area (Å²) in [6.45, 7) is 44.8. The maximum absolute atomic E-state index is 10.1. The molecule has 0 bridgehead atoms. The summed E-state index contributed by atoms with van der Waals surface area (Å²) >= 11 is 0. The van der Waals surface area contributed by atoms with Crippen LogP contribution in [0.2, 0.25) is 0 Å². The number of aromatic hydroxyl groups is 9. The van der Waals surface area contributed by atoms with Gasteiger partial charge in [-0.05, 0) is 281 Å². The van der Waals surface area contributed by atoms with E-state index in [1.54, 1.807) is 49.8 Å². The highest BCUT2D eigenvalue weighted by Crippen LogP contribution is 2.34. The minimum atomic E-state index is 0.307. The molecule has 16 nitrogen and oxygen atoms in total. The van der Waals surface area contributed by atoms with Gasteiger partial charge in [0.2, 0.25) is 0 Å². The van der Waals surface area contributed by atoms with Crippen molar-refractivity contribution in [1.82, 2.24) is 0 Å². The van der Waals surface area contributed by atoms with Gasteiger partial charge in [0.25, 0.3) is 0 Å². The van der Waals surface area contributed by atoms with Crippen molar-refractivity contribution < 1.29 is 79.1 Å². The zero-order valence-electron chi connectivity index (χ0n) is 72.4. The topological polar surface area (TPSA) is 247 Å². The molecule has 0 fully saturated rings. The molecule has 0 atom stereocenters. The molecule has 0 aliphatic rings. The SMILES string of the molecule is CCc1c(C)ccc(C)c1O.CCc1c(COC)cc(COC)c(C)c1O.CCc1ccc(C)c(O)c1C.CCc1ccc(C)c(O)c1CC.CCc1ccc(C)c(O)c1COC.COCc1c(C)ccc(C)c1O.COCc1ccc(C)c(O)c1C.COCc1ccc(C)c(O)c1COC.Cc1ccc(C)c(O)c1C. The van der Waals surface area contributed by atoms with Crippen LogP contribution >= 0.6 is 0 Å². The number of hydrogen-bond donors (Lipinski definition) is 9. The van der Waals surface area contributed by atoms with Crippen molar-refractivity contribution in [1.29, 1.82) is 0 Å². The molecule has 16 heteroatoms. The minimum absolute atomic E-state index is 0.307. The van der Waals surface area contributed by atoms with E-state index in [1.807, 2.05) is 196 Å². The zero-order chi connectivity index (χ0) is 84.5. The summed E-state index contributed by atoms with van der Waals surface area (Å²) in [5, 5.41) is 87.0. The number of phenolic OH excluding ortho intramolecular Hbond substituents is 9. The molecule has 0 aromatic heterocycles. The Morgan fingerprint density at radius 2 is 0.414 bits per heavy atom. The summed E-state index contributed by atoms with van der Waals surface area (Å²) < 4.78 is 35.4. The largest absolute Gasteiger partial charge is 0.507 e. The quantitative estimate of drug-likeness (QED) is 0.0344. The number of methoxy groups -OCH3 is 7. The van der Waals surface area contributed by atoms with Crippen LogP contribution in [-0.2, 0) is 118 Å². The van der Waals surface area contributed by atoms with Gasteiger partial charge >= 0.3 is 0 Å². The highest BCUT2D eigenvalue weighted by molar-refractivity contribution is 5.52. The lowest BCUT2D eigenvalue weighted by molar-refractivity contribution is 0.166. The van der Waals surface area contributed by atoms with E-state index in [0.29, 0.717) is 98.0 Å². The molecule has 9 aromatic rings. The Morgan fingerprint density at radius 3 is 0.793 bits per heavy atom. The van der Waals surface area contributed by atoms with Crippen LogP contribution in [0.15, 0.2) is 103 Å². The van der Waals surface area contributed by atoms with Gasteiger partial charge < -0.3 is 79.1 Å². The third kappa shape index (κ3) is 30.5. The van der Waals surface area contributed by atoms with Crippen LogP contribution in [0, 0.1) is 104 Å². The highest BCUT2D eigenvalue weighted by Gasteiger charge is 2.16. The Morgan fingerprint density at radius 1 is 0.180 bits per heavy atom. The Balaban J connectivity index is 0.000000626. The van der Waals surface area contributed by atoms with Gasteiger partial charge in [-0.3, -0.25) is 0 Å². The van der Waals surface area contributed by atoms with Gasteiger partial charge in [-0.1, -0.05) is 145 Å². The number of benzene rings is 9. The summed E-state index contributed by atoms with van der Waals surface area (Å²) in [6, 6.07) is 33.7. The van der Waals surface area contributed by atoms with E-state index < -0.39 is 0 Å². The van der Waals surface area contributed by atoms with Gasteiger partial charge in [0.1, 0.15) is 51.7 Å². The van der Waals surface area contributed by atoms with Crippen molar-refractivity contribution >= 4 is 0 Å². The first kappa shape index (κ1) is 99.9. The summed E-state index contributed by atoms with van der Waals surface area (Å²) in [7, 11) is 11.5. The molecule has 0 unspecified atom stereocenters. The molecule has 0 amide bonds. The normalized spacial score (nSPS) is 10.3. The molecule has 9 rings (SSSR count). The molecule has 0 aliphatic heterocycles. The summed E-state index contributed by atoms with van der Waals surface area (Å²) in [5.74, 6) is 3.63. The molecular formula is C95H136O16. The van der Waals surface area contributed by atoms with E-state index in [4.69, 9.17) is 33.2 Å². The summed E-state index contributed by atoms with van der Waals surface area (Å²) in [4.78, 5) is 0. The van der Waals surface area contributed by atoms with Gasteiger partial charge in [-0.2, -0.15) is 0 Å². The third-order valence-corrected chi connectivity index (χ3v) is 19.7. The maximum Gasteiger partial charge on any atom is 0.124 e. The first-order chi connectivity index (χ1) is 52.5. The van der Waals surface area contributed by atoms with Gasteiger partial charge in [0.15, 0.2) is 0 Å². The van der Waals surface area contributed by atoms with Crippen LogP contribution in [0.25, 0.3) is 0 Å². The van der Waals surface area contributed by atoms with E-state index in [-0.39, 0.29) is 0 Å². The molecule has 9 N–H and O–H groups in total. The zero-order valence-corrected chi connectivity index (χ0v) is 72.4. The van der Waals surface area contributed by atoms with Crippen molar-refractivity contribution in [3.8, 4) is 51.7 Å². The summed E-state index contributed by atoms with van der Waals surface area (Å²) in [6.07, 6.45) is 5.53. The second-order valence-electron chi connectivity index (χ2n) is 27.7. The highest BCUT2D eigenvalue weighted by atomic mass is 16.5. The molecule has 0 saturated heterocycles. The van der Waals surface area contributed by atoms with E-state index in [9.17, 15) is 46.0 Å². The Labute approximate surface area is 666 Å². The molecule has 612 valence electrons. The maximum atomic E-state index is 10.1. The average Bonchev–Trinajstić information content (AvgIpc) is 0.823. The number of rotatable bonds is 20. The summed E-state index contributed by atoms with van der Waals surface area (Å²) in [5.41, 5.74) is 28.1. The van der Waals surface area contributed by atoms with Crippen molar-refractivity contribution in [2.75, 3.05) is 49.8 Å². The van der Waals surface area contributed by atoms with Gasteiger partial charge in [-0.25, -0.2) is 0 Å². The van der Waals surface area contributed by atoms with E-state index in [1.165, 1.54) is 16.7 Å². The van der Waals surface area contributed by atoms with Crippen molar-refractivity contribution in [2.24, 2.45) is 0 Å². The van der Waals surface area contributed by atoms with Crippen LogP contribution in [0.3, 0.4) is 0 Å². The van der Waals surface area contributed by atoms with Crippen LogP contribution < -0.4 is 0 Å². The van der Waals surface area contributed by atoms with Crippen LogP contribution in [0.5, 0.6) is 51.7 Å². The Hall–Kier alpha value is -9.10. The average molecular weight is 1530 g/mol. The van der Waals surface area contributed by atoms with Crippen molar-refractivity contribution in [3.63, 3.8) is 0 Å². The number of ether oxygens (including phenoxy) is 7. The Kier molecular flexibility index (Phi) is 47.0. The fraction of sp³-hybridized carbons (Fsp3) is 0.432. The lowest BCUT2D eigenvalue weighted by atomic mass is 9.96. The number of phenols is 9. The molecule has 0 saturated carbocycles. The van der Waals surface area contributed by atoms with Gasteiger partial charge in [0, 0.05) is 66.5 Å². The molecule has 0 radical (unpaired) electrons. The molecule has 111 heavy (non-hydrogen) atoms. The van der Waals surface area contributed by atoms with Crippen molar-refractivity contribution in [3.05, 3.63) is 259 Å². The first-order valence-corrected chi connectivity index (χ1v) is 38.1. The lowest BCUT2D eigenvalue weighted by Crippen LogP contribution is -2.02. The standard InChI is InChI=1S/C13H20O3.C11H16O3.C11H16O2.C11H16O.2C10H14O2.2C10H14O.C9H12O/c1-5-12-11(8-16-4)6-10(7-15-3)9(2)13(12)14;1-8-4-5-9(6-13-2)10(7-14-3)11(8)12;1-4-9-6-5-8(2)11(12)10(9)7-13-3;1-4-9-7-6-8(3)11(12)10(9)5-2;1-7-4-5-9(6-12-3)8(2)10(7)11;1-7-4-5-8(2)10(11)9(7)6-12-3;1-4-9-6-5-7(2)10(11)8(9)3;1-4-9-7(2)5-6-8(3)10(9)11;1-6-4-5-7(2)9(10)8(6)3/h6,14H,5,7-8H2,1-4H3;4-5,12H,6-7H2,1-3H3;5-6,12H,4,7H2,1-3H3;6-7,12H,4-5H2,1-3H3;2*4-5,11H,6H2,1-3H3;2*5-6,11H,4H2,1-3H3;4-5,10H,1-3H3. The number of aryl methyl sites for hydroxylation is 14. The molecule has 9 aromatic carbocycles. The smallest absolute Gasteiger partial charge is 0.124 e. The molecule has 0 heterocycles. The predicted octanol–water partition coefficient (Wildman–Crippen LogP) is 21.6. The van der Waals surface area contributed by atoms with Crippen LogP contribution in [0.4, 0.5) is 0 Å². The minimum Gasteiger partial charge on any atom is -0.507 e. The monoisotopic (exact) mass is 1530 g/mol. The van der Waals surface area contributed by atoms with E-state index in [2.05, 4.69) is 52.8 Å². The van der Waals surface area contributed by atoms with Crippen molar-refractivity contribution in [2.45, 2.75) is 230 Å². The Bertz CT molecular complexity index is 4270. The molecular weight excluding hydrogens is 1400 g/mol. The van der Waals surface area contributed by atoms with Gasteiger partial charge in [0.05, 0.1) is 46.2 Å². The third-order valence-electron chi connectivity index (χ3n) is 19.7. The van der Waals surface area contributed by atoms with Crippen LogP contribution in [0.1, 0.15) is 197 Å². The second-order valence-corrected chi connectivity index (χ2v) is 27.7. The fourth-order valence-corrected chi connectivity index (χ4v) is 12.1.